The maximum atomic E-state index is 5.26. The van der Waals surface area contributed by atoms with Crippen LogP contribution in [0.15, 0.2) is 18.2 Å². The van der Waals surface area contributed by atoms with E-state index in [1.807, 2.05) is 6.07 Å². The number of methoxy groups -OCH3 is 1. The molecule has 88 valence electrons. The molecule has 0 saturated carbocycles. The molecule has 1 aliphatic heterocycles. The molecule has 0 fully saturated rings. The number of nitrogens with zero attached hydrogens (tertiary/aromatic N) is 1. The predicted octanol–water partition coefficient (Wildman–Crippen LogP) is 2.73. The number of hydrogen-bond donors (Lipinski definition) is 1. The van der Waals surface area contributed by atoms with E-state index in [-0.39, 0.29) is 0 Å². The topological polar surface area (TPSA) is 24.5 Å². The van der Waals surface area contributed by atoms with Crippen LogP contribution < -0.4 is 15.0 Å². The number of benzene rings is 1. The molecule has 0 amide bonds. The second-order valence-electron chi connectivity index (χ2n) is 4.23. The van der Waals surface area contributed by atoms with Crippen molar-refractivity contribution in [2.75, 3.05) is 30.4 Å². The Hall–Kier alpha value is -1.38. The SMILES string of the molecule is CCN1c2ccc(OC)cc2NCCC1C. The molecule has 2 rings (SSSR count). The summed E-state index contributed by atoms with van der Waals surface area (Å²) < 4.78 is 5.26. The fraction of sp³-hybridized carbons (Fsp3) is 0.538. The van der Waals surface area contributed by atoms with Gasteiger partial charge in [-0.2, -0.15) is 0 Å². The molecule has 1 N–H and O–H groups in total. The molecule has 0 saturated heterocycles. The summed E-state index contributed by atoms with van der Waals surface area (Å²) in [4.78, 5) is 2.44. The van der Waals surface area contributed by atoms with Crippen molar-refractivity contribution in [3.05, 3.63) is 18.2 Å². The van der Waals surface area contributed by atoms with Crippen molar-refractivity contribution in [1.29, 1.82) is 0 Å². The van der Waals surface area contributed by atoms with Gasteiger partial charge in [0.05, 0.1) is 18.5 Å². The molecule has 0 aromatic heterocycles. The highest BCUT2D eigenvalue weighted by molar-refractivity contribution is 5.73. The van der Waals surface area contributed by atoms with Gasteiger partial charge >= 0.3 is 0 Å². The minimum atomic E-state index is 0.590. The van der Waals surface area contributed by atoms with Crippen LogP contribution in [0, 0.1) is 0 Å². The zero-order chi connectivity index (χ0) is 11.5. The normalized spacial score (nSPS) is 19.7. The molecule has 1 aromatic rings. The molecule has 0 bridgehead atoms. The summed E-state index contributed by atoms with van der Waals surface area (Å²) in [6.45, 7) is 6.56. The Morgan fingerprint density at radius 2 is 2.31 bits per heavy atom. The van der Waals surface area contributed by atoms with Crippen LogP contribution in [0.3, 0.4) is 0 Å². The van der Waals surface area contributed by atoms with Crippen molar-refractivity contribution >= 4 is 11.4 Å². The Kier molecular flexibility index (Phi) is 3.22. The van der Waals surface area contributed by atoms with Crippen LogP contribution in [0.1, 0.15) is 20.3 Å². The minimum absolute atomic E-state index is 0.590. The molecule has 3 nitrogen and oxygen atoms in total. The van der Waals surface area contributed by atoms with E-state index in [4.69, 9.17) is 4.74 Å². The van der Waals surface area contributed by atoms with Crippen LogP contribution in [0.4, 0.5) is 11.4 Å². The Morgan fingerprint density at radius 3 is 3.00 bits per heavy atom. The molecular formula is C13H20N2O. The van der Waals surface area contributed by atoms with E-state index < -0.39 is 0 Å². The molecule has 1 unspecified atom stereocenters. The van der Waals surface area contributed by atoms with Gasteiger partial charge in [-0.1, -0.05) is 0 Å². The van der Waals surface area contributed by atoms with E-state index in [1.54, 1.807) is 7.11 Å². The molecule has 1 aliphatic rings. The summed E-state index contributed by atoms with van der Waals surface area (Å²) in [7, 11) is 1.71. The molecule has 3 heteroatoms. The van der Waals surface area contributed by atoms with Crippen molar-refractivity contribution < 1.29 is 4.74 Å². The van der Waals surface area contributed by atoms with Gasteiger partial charge in [-0.3, -0.25) is 0 Å². The molecule has 16 heavy (non-hydrogen) atoms. The fourth-order valence-electron chi connectivity index (χ4n) is 2.33. The van der Waals surface area contributed by atoms with Crippen LogP contribution in [0.2, 0.25) is 0 Å². The number of hydrogen-bond acceptors (Lipinski definition) is 3. The zero-order valence-electron chi connectivity index (χ0n) is 10.3. The lowest BCUT2D eigenvalue weighted by Crippen LogP contribution is -2.32. The van der Waals surface area contributed by atoms with Gasteiger partial charge in [0, 0.05) is 25.2 Å². The van der Waals surface area contributed by atoms with Gasteiger partial charge in [-0.05, 0) is 32.4 Å². The van der Waals surface area contributed by atoms with Crippen LogP contribution in [0.5, 0.6) is 5.75 Å². The standard InChI is InChI=1S/C13H20N2O/c1-4-15-10(2)7-8-14-12-9-11(16-3)5-6-13(12)15/h5-6,9-10,14H,4,7-8H2,1-3H3. The van der Waals surface area contributed by atoms with E-state index in [9.17, 15) is 0 Å². The summed E-state index contributed by atoms with van der Waals surface area (Å²) in [6.07, 6.45) is 1.17. The molecule has 0 radical (unpaired) electrons. The lowest BCUT2D eigenvalue weighted by Gasteiger charge is -2.29. The van der Waals surface area contributed by atoms with E-state index in [1.165, 1.54) is 17.8 Å². The van der Waals surface area contributed by atoms with E-state index in [0.717, 1.165) is 18.8 Å². The third kappa shape index (κ3) is 1.94. The van der Waals surface area contributed by atoms with Gasteiger partial charge in [0.25, 0.3) is 0 Å². The highest BCUT2D eigenvalue weighted by Crippen LogP contribution is 2.33. The first-order chi connectivity index (χ1) is 7.76. The summed E-state index contributed by atoms with van der Waals surface area (Å²) in [6, 6.07) is 6.84. The molecule has 1 heterocycles. The van der Waals surface area contributed by atoms with Gasteiger partial charge in [0.15, 0.2) is 0 Å². The summed E-state index contributed by atoms with van der Waals surface area (Å²) in [5.74, 6) is 0.914. The van der Waals surface area contributed by atoms with Crippen molar-refractivity contribution in [2.24, 2.45) is 0 Å². The minimum Gasteiger partial charge on any atom is -0.497 e. The third-order valence-corrected chi connectivity index (χ3v) is 3.26. The smallest absolute Gasteiger partial charge is 0.121 e. The van der Waals surface area contributed by atoms with Crippen molar-refractivity contribution in [3.8, 4) is 5.75 Å². The molecule has 0 spiro atoms. The maximum Gasteiger partial charge on any atom is 0.121 e. The largest absolute Gasteiger partial charge is 0.497 e. The van der Waals surface area contributed by atoms with Crippen LogP contribution in [0.25, 0.3) is 0 Å². The number of nitrogens with one attached hydrogen (secondary N) is 1. The van der Waals surface area contributed by atoms with E-state index in [0.29, 0.717) is 6.04 Å². The number of ether oxygens (including phenoxy) is 1. The lowest BCUT2D eigenvalue weighted by atomic mass is 10.2. The van der Waals surface area contributed by atoms with Gasteiger partial charge in [0.2, 0.25) is 0 Å². The van der Waals surface area contributed by atoms with Crippen molar-refractivity contribution in [3.63, 3.8) is 0 Å². The van der Waals surface area contributed by atoms with Crippen LogP contribution in [-0.2, 0) is 0 Å². The first kappa shape index (κ1) is 11.1. The second-order valence-corrected chi connectivity index (χ2v) is 4.23. The van der Waals surface area contributed by atoms with Crippen molar-refractivity contribution in [1.82, 2.24) is 0 Å². The average molecular weight is 220 g/mol. The maximum absolute atomic E-state index is 5.26. The third-order valence-electron chi connectivity index (χ3n) is 3.26. The van der Waals surface area contributed by atoms with Crippen molar-refractivity contribution in [2.45, 2.75) is 26.3 Å². The summed E-state index contributed by atoms with van der Waals surface area (Å²) >= 11 is 0. The van der Waals surface area contributed by atoms with Crippen LogP contribution in [-0.4, -0.2) is 26.2 Å². The Balaban J connectivity index is 2.40. The highest BCUT2D eigenvalue weighted by atomic mass is 16.5. The van der Waals surface area contributed by atoms with Gasteiger partial charge in [0.1, 0.15) is 5.75 Å². The molecule has 1 atom stereocenters. The lowest BCUT2D eigenvalue weighted by molar-refractivity contribution is 0.415. The first-order valence-corrected chi connectivity index (χ1v) is 5.94. The predicted molar refractivity (Wildman–Crippen MR) is 68.6 cm³/mol. The van der Waals surface area contributed by atoms with Gasteiger partial charge < -0.3 is 15.0 Å². The number of rotatable bonds is 2. The quantitative estimate of drug-likeness (QED) is 0.829. The molecule has 0 aliphatic carbocycles. The molecular weight excluding hydrogens is 200 g/mol. The van der Waals surface area contributed by atoms with E-state index >= 15 is 0 Å². The fourth-order valence-corrected chi connectivity index (χ4v) is 2.33. The number of anilines is 2. The van der Waals surface area contributed by atoms with Gasteiger partial charge in [-0.15, -0.1) is 0 Å². The van der Waals surface area contributed by atoms with E-state index in [2.05, 4.69) is 36.2 Å². The average Bonchev–Trinajstić information content (AvgIpc) is 2.46. The monoisotopic (exact) mass is 220 g/mol. The first-order valence-electron chi connectivity index (χ1n) is 5.94. The Morgan fingerprint density at radius 1 is 1.50 bits per heavy atom. The van der Waals surface area contributed by atoms with Crippen LogP contribution >= 0.6 is 0 Å². The summed E-state index contributed by atoms with van der Waals surface area (Å²) in [5, 5.41) is 3.47. The zero-order valence-corrected chi connectivity index (χ0v) is 10.3. The summed E-state index contributed by atoms with van der Waals surface area (Å²) in [5.41, 5.74) is 2.47. The highest BCUT2D eigenvalue weighted by Gasteiger charge is 2.19. The Labute approximate surface area is 97.4 Å². The van der Waals surface area contributed by atoms with Gasteiger partial charge in [-0.25, -0.2) is 0 Å². The Bertz CT molecular complexity index is 365. The second kappa shape index (κ2) is 4.64. The molecule has 1 aromatic carbocycles. The number of fused-ring (bicyclic) bond motifs is 1.